The molecule has 1 aromatic rings. The number of likely N-dealkylation sites (tertiary alicyclic amines) is 1. The highest BCUT2D eigenvalue weighted by atomic mass is 16.5. The molecule has 124 valence electrons. The van der Waals surface area contributed by atoms with E-state index in [1.165, 1.54) is 0 Å². The first-order valence-electron chi connectivity index (χ1n) is 8.37. The minimum Gasteiger partial charge on any atom is -0.485 e. The molecule has 1 aliphatic carbocycles. The molecule has 23 heavy (non-hydrogen) atoms. The summed E-state index contributed by atoms with van der Waals surface area (Å²) in [6.07, 6.45) is 9.93. The summed E-state index contributed by atoms with van der Waals surface area (Å²) in [7, 11) is 3.91. The predicted molar refractivity (Wildman–Crippen MR) is 90.7 cm³/mol. The van der Waals surface area contributed by atoms with Gasteiger partial charge in [0.15, 0.2) is 11.6 Å². The van der Waals surface area contributed by atoms with Crippen LogP contribution < -0.4 is 9.64 Å². The van der Waals surface area contributed by atoms with E-state index < -0.39 is 0 Å². The number of hydrogen-bond donors (Lipinski definition) is 0. The van der Waals surface area contributed by atoms with Crippen LogP contribution in [-0.2, 0) is 4.79 Å². The third-order valence-corrected chi connectivity index (χ3v) is 4.52. The first-order valence-corrected chi connectivity index (χ1v) is 8.37. The van der Waals surface area contributed by atoms with Crippen molar-refractivity contribution in [3.05, 3.63) is 30.5 Å². The second-order valence-corrected chi connectivity index (χ2v) is 6.56. The van der Waals surface area contributed by atoms with Gasteiger partial charge in [-0.3, -0.25) is 4.79 Å². The molecule has 3 rings (SSSR count). The third-order valence-electron chi connectivity index (χ3n) is 4.52. The van der Waals surface area contributed by atoms with Crippen molar-refractivity contribution < 1.29 is 9.53 Å². The molecular weight excluding hydrogens is 290 g/mol. The molecule has 0 unspecified atom stereocenters. The van der Waals surface area contributed by atoms with E-state index in [4.69, 9.17) is 4.74 Å². The summed E-state index contributed by atoms with van der Waals surface area (Å²) >= 11 is 0. The van der Waals surface area contributed by atoms with E-state index in [-0.39, 0.29) is 12.0 Å². The van der Waals surface area contributed by atoms with E-state index in [1.807, 2.05) is 36.0 Å². The van der Waals surface area contributed by atoms with Crippen LogP contribution in [0.4, 0.5) is 5.82 Å². The van der Waals surface area contributed by atoms with Gasteiger partial charge in [0.1, 0.15) is 6.10 Å². The summed E-state index contributed by atoms with van der Waals surface area (Å²) in [6.45, 7) is 1.47. The molecule has 2 aliphatic rings. The number of aromatic nitrogens is 1. The number of hydrogen-bond acceptors (Lipinski definition) is 4. The van der Waals surface area contributed by atoms with Gasteiger partial charge in [-0.1, -0.05) is 12.2 Å². The Morgan fingerprint density at radius 1 is 1.43 bits per heavy atom. The molecule has 0 radical (unpaired) electrons. The van der Waals surface area contributed by atoms with Gasteiger partial charge in [0, 0.05) is 39.7 Å². The Hall–Kier alpha value is -2.04. The maximum Gasteiger partial charge on any atom is 0.223 e. The molecule has 0 spiro atoms. The van der Waals surface area contributed by atoms with E-state index in [9.17, 15) is 4.79 Å². The highest BCUT2D eigenvalue weighted by Crippen LogP contribution is 2.27. The molecule has 1 aliphatic heterocycles. The highest BCUT2D eigenvalue weighted by Gasteiger charge is 2.29. The molecule has 1 saturated heterocycles. The molecule has 0 saturated carbocycles. The minimum absolute atomic E-state index is 0.0565. The van der Waals surface area contributed by atoms with Crippen LogP contribution in [0.2, 0.25) is 0 Å². The normalized spacial score (nSPS) is 23.3. The summed E-state index contributed by atoms with van der Waals surface area (Å²) < 4.78 is 6.11. The Morgan fingerprint density at radius 2 is 2.30 bits per heavy atom. The van der Waals surface area contributed by atoms with Gasteiger partial charge in [-0.05, 0) is 30.9 Å². The number of nitrogens with zero attached hydrogens (tertiary/aromatic N) is 3. The Balaban J connectivity index is 1.55. The molecule has 5 heteroatoms. The summed E-state index contributed by atoms with van der Waals surface area (Å²) in [5.74, 6) is 2.30. The van der Waals surface area contributed by atoms with Crippen LogP contribution in [0.15, 0.2) is 30.5 Å². The number of rotatable bonds is 5. The lowest BCUT2D eigenvalue weighted by Crippen LogP contribution is -2.32. The van der Waals surface area contributed by atoms with E-state index in [1.54, 1.807) is 6.20 Å². The molecule has 1 aromatic heterocycles. The fourth-order valence-electron chi connectivity index (χ4n) is 3.26. The topological polar surface area (TPSA) is 45.7 Å². The zero-order valence-electron chi connectivity index (χ0n) is 13.9. The lowest BCUT2D eigenvalue weighted by atomic mass is 10.0. The van der Waals surface area contributed by atoms with Gasteiger partial charge in [-0.25, -0.2) is 4.98 Å². The van der Waals surface area contributed by atoms with Crippen molar-refractivity contribution in [2.75, 3.05) is 32.1 Å². The zero-order chi connectivity index (χ0) is 16.2. The first-order chi connectivity index (χ1) is 11.1. The van der Waals surface area contributed by atoms with Crippen molar-refractivity contribution in [1.82, 2.24) is 9.88 Å². The molecule has 1 amide bonds. The Morgan fingerprint density at radius 3 is 3.04 bits per heavy atom. The van der Waals surface area contributed by atoms with Crippen LogP contribution in [0.1, 0.15) is 25.7 Å². The molecule has 2 atom stereocenters. The van der Waals surface area contributed by atoms with E-state index in [0.717, 1.165) is 37.4 Å². The van der Waals surface area contributed by atoms with Crippen molar-refractivity contribution in [2.24, 2.45) is 5.92 Å². The maximum absolute atomic E-state index is 12.4. The maximum atomic E-state index is 12.4. The van der Waals surface area contributed by atoms with Crippen LogP contribution in [-0.4, -0.2) is 49.1 Å². The number of carbonyl (C=O) groups is 1. The standard InChI is InChI=1S/C18H25N3O2/c1-20(2)18-16(8-5-10-19-18)23-15-9-11-21(13-15)17(22)12-14-6-3-4-7-14/h3,5-6,8,10,14-15H,4,7,9,11-13H2,1-2H3/t14-,15+/m0/s1. The Labute approximate surface area is 137 Å². The van der Waals surface area contributed by atoms with Crippen molar-refractivity contribution in [2.45, 2.75) is 31.8 Å². The fraction of sp³-hybridized carbons (Fsp3) is 0.556. The van der Waals surface area contributed by atoms with Gasteiger partial charge in [0.2, 0.25) is 5.91 Å². The van der Waals surface area contributed by atoms with Gasteiger partial charge >= 0.3 is 0 Å². The number of anilines is 1. The number of pyridine rings is 1. The number of ether oxygens (including phenoxy) is 1. The lowest BCUT2D eigenvalue weighted by molar-refractivity contribution is -0.131. The monoisotopic (exact) mass is 315 g/mol. The molecule has 0 bridgehead atoms. The fourth-order valence-corrected chi connectivity index (χ4v) is 3.26. The Kier molecular flexibility index (Phi) is 4.84. The number of amides is 1. The zero-order valence-corrected chi connectivity index (χ0v) is 13.9. The second kappa shape index (κ2) is 7.02. The van der Waals surface area contributed by atoms with Crippen molar-refractivity contribution >= 4 is 11.7 Å². The average molecular weight is 315 g/mol. The van der Waals surface area contributed by atoms with Crippen LogP contribution in [0, 0.1) is 5.92 Å². The molecular formula is C18H25N3O2. The molecule has 0 aromatic carbocycles. The largest absolute Gasteiger partial charge is 0.485 e. The van der Waals surface area contributed by atoms with Gasteiger partial charge in [0.05, 0.1) is 6.54 Å². The lowest BCUT2D eigenvalue weighted by Gasteiger charge is -2.21. The number of carbonyl (C=O) groups excluding carboxylic acids is 1. The Bertz CT molecular complexity index is 585. The SMILES string of the molecule is CN(C)c1ncccc1O[C@@H]1CCN(C(=O)C[C@H]2C=CCC2)C1. The van der Waals surface area contributed by atoms with Crippen LogP contribution in [0.3, 0.4) is 0 Å². The average Bonchev–Trinajstić information content (AvgIpc) is 3.19. The summed E-state index contributed by atoms with van der Waals surface area (Å²) in [5, 5.41) is 0. The van der Waals surface area contributed by atoms with Crippen LogP contribution in [0.25, 0.3) is 0 Å². The van der Waals surface area contributed by atoms with Crippen molar-refractivity contribution in [3.8, 4) is 5.75 Å². The van der Waals surface area contributed by atoms with Gasteiger partial charge in [-0.2, -0.15) is 0 Å². The van der Waals surface area contributed by atoms with E-state index >= 15 is 0 Å². The van der Waals surface area contributed by atoms with Gasteiger partial charge in [-0.15, -0.1) is 0 Å². The molecule has 5 nitrogen and oxygen atoms in total. The predicted octanol–water partition coefficient (Wildman–Crippen LogP) is 2.48. The quantitative estimate of drug-likeness (QED) is 0.783. The third kappa shape index (κ3) is 3.84. The summed E-state index contributed by atoms with van der Waals surface area (Å²) in [4.78, 5) is 20.6. The highest BCUT2D eigenvalue weighted by molar-refractivity contribution is 5.77. The second-order valence-electron chi connectivity index (χ2n) is 6.56. The summed E-state index contributed by atoms with van der Waals surface area (Å²) in [6, 6.07) is 3.82. The smallest absolute Gasteiger partial charge is 0.223 e. The van der Waals surface area contributed by atoms with Crippen LogP contribution >= 0.6 is 0 Å². The first kappa shape index (κ1) is 15.8. The summed E-state index contributed by atoms with van der Waals surface area (Å²) in [5.41, 5.74) is 0. The van der Waals surface area contributed by atoms with Gasteiger partial charge < -0.3 is 14.5 Å². The van der Waals surface area contributed by atoms with E-state index in [0.29, 0.717) is 18.9 Å². The van der Waals surface area contributed by atoms with Crippen molar-refractivity contribution in [1.29, 1.82) is 0 Å². The molecule has 0 N–H and O–H groups in total. The molecule has 2 heterocycles. The van der Waals surface area contributed by atoms with Crippen molar-refractivity contribution in [3.63, 3.8) is 0 Å². The number of allylic oxidation sites excluding steroid dienone is 2. The molecule has 1 fully saturated rings. The minimum atomic E-state index is 0.0565. The van der Waals surface area contributed by atoms with Crippen LogP contribution in [0.5, 0.6) is 5.75 Å². The van der Waals surface area contributed by atoms with Gasteiger partial charge in [0.25, 0.3) is 0 Å². The van der Waals surface area contributed by atoms with E-state index in [2.05, 4.69) is 17.1 Å².